The first-order valence-corrected chi connectivity index (χ1v) is 9.30. The molecule has 2 aliphatic rings. The van der Waals surface area contributed by atoms with Crippen molar-refractivity contribution < 1.29 is 14.3 Å². The molecule has 0 N–H and O–H groups in total. The molecular formula is C20H29N3O3. The monoisotopic (exact) mass is 359 g/mol. The normalized spacial score (nSPS) is 25.0. The number of amides is 2. The quantitative estimate of drug-likeness (QED) is 0.766. The van der Waals surface area contributed by atoms with Crippen LogP contribution in [-0.2, 0) is 9.53 Å². The fraction of sp³-hybridized carbons (Fsp3) is 0.600. The Bertz CT molecular complexity index is 649. The van der Waals surface area contributed by atoms with Crippen molar-refractivity contribution in [1.82, 2.24) is 14.7 Å². The summed E-state index contributed by atoms with van der Waals surface area (Å²) in [5.74, 6) is 0.453. The molecule has 3 rings (SSSR count). The van der Waals surface area contributed by atoms with Crippen LogP contribution in [0, 0.1) is 11.3 Å². The summed E-state index contributed by atoms with van der Waals surface area (Å²) in [5.41, 5.74) is 0.673. The number of hydrogen-bond acceptors (Lipinski definition) is 4. The third-order valence-corrected chi connectivity index (χ3v) is 5.48. The van der Waals surface area contributed by atoms with Crippen LogP contribution < -0.4 is 0 Å². The largest absolute Gasteiger partial charge is 0.372 e. The number of carbonyl (C=O) groups is 2. The lowest BCUT2D eigenvalue weighted by atomic mass is 9.80. The minimum atomic E-state index is -0.0597. The second-order valence-electron chi connectivity index (χ2n) is 7.76. The highest BCUT2D eigenvalue weighted by atomic mass is 16.5. The van der Waals surface area contributed by atoms with Crippen LogP contribution >= 0.6 is 0 Å². The van der Waals surface area contributed by atoms with Crippen molar-refractivity contribution in [3.8, 4) is 0 Å². The van der Waals surface area contributed by atoms with Gasteiger partial charge in [0, 0.05) is 56.2 Å². The lowest BCUT2D eigenvalue weighted by molar-refractivity contribution is -0.135. The molecule has 2 heterocycles. The van der Waals surface area contributed by atoms with Crippen molar-refractivity contribution >= 4 is 11.8 Å². The first kappa shape index (κ1) is 18.9. The summed E-state index contributed by atoms with van der Waals surface area (Å²) in [6.07, 6.45) is 0. The van der Waals surface area contributed by atoms with Crippen molar-refractivity contribution in [3.05, 3.63) is 35.9 Å². The molecule has 2 atom stereocenters. The Kier molecular flexibility index (Phi) is 5.63. The van der Waals surface area contributed by atoms with Crippen LogP contribution in [0.15, 0.2) is 30.3 Å². The summed E-state index contributed by atoms with van der Waals surface area (Å²) in [4.78, 5) is 31.3. The topological polar surface area (TPSA) is 53.1 Å². The molecule has 2 aliphatic heterocycles. The van der Waals surface area contributed by atoms with Gasteiger partial charge in [-0.25, -0.2) is 0 Å². The highest BCUT2D eigenvalue weighted by molar-refractivity contribution is 5.94. The maximum atomic E-state index is 12.9. The summed E-state index contributed by atoms with van der Waals surface area (Å²) in [7, 11) is 4.11. The fourth-order valence-electron chi connectivity index (χ4n) is 4.42. The second-order valence-corrected chi connectivity index (χ2v) is 7.76. The predicted octanol–water partition coefficient (Wildman–Crippen LogP) is 1.19. The maximum absolute atomic E-state index is 12.9. The van der Waals surface area contributed by atoms with Gasteiger partial charge in [0.2, 0.25) is 5.91 Å². The Labute approximate surface area is 155 Å². The molecule has 26 heavy (non-hydrogen) atoms. The molecular weight excluding hydrogens is 330 g/mol. The van der Waals surface area contributed by atoms with E-state index in [4.69, 9.17) is 4.74 Å². The van der Waals surface area contributed by atoms with Gasteiger partial charge in [-0.3, -0.25) is 9.59 Å². The van der Waals surface area contributed by atoms with E-state index in [0.29, 0.717) is 38.7 Å². The van der Waals surface area contributed by atoms with Crippen LogP contribution in [0.5, 0.6) is 0 Å². The van der Waals surface area contributed by atoms with Gasteiger partial charge in [0.25, 0.3) is 5.91 Å². The van der Waals surface area contributed by atoms with Gasteiger partial charge in [-0.15, -0.1) is 0 Å². The molecule has 0 aromatic heterocycles. The van der Waals surface area contributed by atoms with E-state index in [1.54, 1.807) is 0 Å². The van der Waals surface area contributed by atoms with E-state index in [1.165, 1.54) is 0 Å². The van der Waals surface area contributed by atoms with Crippen LogP contribution in [0.4, 0.5) is 0 Å². The Balaban J connectivity index is 1.73. The van der Waals surface area contributed by atoms with Crippen LogP contribution in [0.25, 0.3) is 0 Å². The molecule has 0 aliphatic carbocycles. The first-order chi connectivity index (χ1) is 12.4. The molecule has 1 aromatic rings. The zero-order valence-electron chi connectivity index (χ0n) is 16.0. The minimum absolute atomic E-state index is 0.0558. The molecule has 2 fully saturated rings. The summed E-state index contributed by atoms with van der Waals surface area (Å²) in [6, 6.07) is 9.45. The van der Waals surface area contributed by atoms with Gasteiger partial charge in [0.1, 0.15) is 6.61 Å². The highest BCUT2D eigenvalue weighted by Crippen LogP contribution is 2.43. The molecule has 6 nitrogen and oxygen atoms in total. The predicted molar refractivity (Wildman–Crippen MR) is 99.9 cm³/mol. The molecule has 0 unspecified atom stereocenters. The third kappa shape index (κ3) is 3.76. The highest BCUT2D eigenvalue weighted by Gasteiger charge is 2.54. The number of carbonyl (C=O) groups excluding carboxylic acids is 2. The average molecular weight is 359 g/mol. The number of fused-ring (bicyclic) bond motifs is 1. The van der Waals surface area contributed by atoms with E-state index in [1.807, 2.05) is 47.1 Å². The molecule has 0 radical (unpaired) electrons. The van der Waals surface area contributed by atoms with Crippen LogP contribution in [0.3, 0.4) is 0 Å². The van der Waals surface area contributed by atoms with Crippen LogP contribution in [0.1, 0.15) is 17.3 Å². The van der Waals surface area contributed by atoms with E-state index >= 15 is 0 Å². The average Bonchev–Trinajstić information content (AvgIpc) is 3.12. The van der Waals surface area contributed by atoms with Gasteiger partial charge >= 0.3 is 0 Å². The number of rotatable bonds is 6. The Morgan fingerprint density at radius 3 is 2.46 bits per heavy atom. The van der Waals surface area contributed by atoms with Crippen molar-refractivity contribution in [1.29, 1.82) is 0 Å². The van der Waals surface area contributed by atoms with E-state index < -0.39 is 0 Å². The van der Waals surface area contributed by atoms with Crippen molar-refractivity contribution in [3.63, 3.8) is 0 Å². The Hall–Kier alpha value is -1.92. The second kappa shape index (κ2) is 7.76. The molecule has 0 bridgehead atoms. The van der Waals surface area contributed by atoms with Crippen molar-refractivity contribution in [2.45, 2.75) is 6.92 Å². The molecule has 1 aromatic carbocycles. The summed E-state index contributed by atoms with van der Waals surface area (Å²) in [6.45, 7) is 6.26. The standard InChI is InChI=1S/C20H29N3O3/c1-4-26-12-18(24)22-10-17-11-23(15-20(17,14-22)13-21(2)3)19(25)16-8-6-5-7-9-16/h5-9,17H,4,10-15H2,1-3H3/t17-,20+/m0/s1. The smallest absolute Gasteiger partial charge is 0.253 e. The maximum Gasteiger partial charge on any atom is 0.253 e. The Morgan fingerprint density at radius 2 is 1.81 bits per heavy atom. The van der Waals surface area contributed by atoms with E-state index in [9.17, 15) is 9.59 Å². The number of ether oxygens (including phenoxy) is 1. The molecule has 0 spiro atoms. The number of hydrogen-bond donors (Lipinski definition) is 0. The van der Waals surface area contributed by atoms with Gasteiger partial charge in [-0.1, -0.05) is 18.2 Å². The van der Waals surface area contributed by atoms with Gasteiger partial charge in [-0.2, -0.15) is 0 Å². The minimum Gasteiger partial charge on any atom is -0.372 e. The number of benzene rings is 1. The third-order valence-electron chi connectivity index (χ3n) is 5.48. The van der Waals surface area contributed by atoms with E-state index in [2.05, 4.69) is 19.0 Å². The van der Waals surface area contributed by atoms with Gasteiger partial charge in [0.15, 0.2) is 0 Å². The zero-order valence-corrected chi connectivity index (χ0v) is 16.0. The molecule has 2 saturated heterocycles. The SMILES string of the molecule is CCOCC(=O)N1C[C@H]2CN(C(=O)c3ccccc3)C[C@@]2(CN(C)C)C1. The van der Waals surface area contributed by atoms with Gasteiger partial charge in [0.05, 0.1) is 0 Å². The van der Waals surface area contributed by atoms with E-state index in [-0.39, 0.29) is 23.8 Å². The van der Waals surface area contributed by atoms with Gasteiger partial charge < -0.3 is 19.4 Å². The summed E-state index contributed by atoms with van der Waals surface area (Å²) < 4.78 is 5.29. The van der Waals surface area contributed by atoms with Crippen molar-refractivity contribution in [2.24, 2.45) is 11.3 Å². The lowest BCUT2D eigenvalue weighted by Crippen LogP contribution is -2.44. The molecule has 2 amide bonds. The number of nitrogens with zero attached hydrogens (tertiary/aromatic N) is 3. The van der Waals surface area contributed by atoms with Crippen molar-refractivity contribution in [2.75, 3.05) is 60.0 Å². The molecule has 0 saturated carbocycles. The summed E-state index contributed by atoms with van der Waals surface area (Å²) in [5, 5.41) is 0. The van der Waals surface area contributed by atoms with E-state index in [0.717, 1.165) is 12.1 Å². The Morgan fingerprint density at radius 1 is 1.15 bits per heavy atom. The fourth-order valence-corrected chi connectivity index (χ4v) is 4.42. The zero-order chi connectivity index (χ0) is 18.7. The molecule has 6 heteroatoms. The number of likely N-dealkylation sites (tertiary alicyclic amines) is 2. The first-order valence-electron chi connectivity index (χ1n) is 9.30. The lowest BCUT2D eigenvalue weighted by Gasteiger charge is -2.32. The van der Waals surface area contributed by atoms with Crippen LogP contribution in [-0.4, -0.2) is 86.5 Å². The van der Waals surface area contributed by atoms with Gasteiger partial charge in [-0.05, 0) is 33.2 Å². The van der Waals surface area contributed by atoms with Crippen LogP contribution in [0.2, 0.25) is 0 Å². The summed E-state index contributed by atoms with van der Waals surface area (Å²) >= 11 is 0. The molecule has 142 valence electrons.